The number of hydrogen-bond acceptors (Lipinski definition) is 4. The van der Waals surface area contributed by atoms with Gasteiger partial charge in [-0.15, -0.1) is 11.3 Å². The van der Waals surface area contributed by atoms with Gasteiger partial charge < -0.3 is 5.32 Å². The zero-order valence-electron chi connectivity index (χ0n) is 16.7. The molecule has 148 valence electrons. The van der Waals surface area contributed by atoms with Gasteiger partial charge in [-0.25, -0.2) is 4.98 Å². The number of amides is 2. The van der Waals surface area contributed by atoms with E-state index in [-0.39, 0.29) is 17.7 Å². The summed E-state index contributed by atoms with van der Waals surface area (Å²) in [5, 5.41) is 6.47. The van der Waals surface area contributed by atoms with Gasteiger partial charge in [0.05, 0.1) is 11.6 Å². The average molecular weight is 406 g/mol. The van der Waals surface area contributed by atoms with E-state index in [4.69, 9.17) is 0 Å². The van der Waals surface area contributed by atoms with Gasteiger partial charge in [-0.05, 0) is 62.9 Å². The molecule has 0 bridgehead atoms. The van der Waals surface area contributed by atoms with Crippen LogP contribution in [-0.2, 0) is 11.2 Å². The van der Waals surface area contributed by atoms with Crippen molar-refractivity contribution in [1.29, 1.82) is 0 Å². The number of hydrogen-bond donors (Lipinski definition) is 2. The second kappa shape index (κ2) is 7.79. The molecule has 0 aliphatic heterocycles. The van der Waals surface area contributed by atoms with Crippen LogP contribution >= 0.6 is 11.3 Å². The van der Waals surface area contributed by atoms with E-state index in [1.807, 2.05) is 51.1 Å². The molecule has 1 aliphatic rings. The van der Waals surface area contributed by atoms with Crippen molar-refractivity contribution < 1.29 is 9.59 Å². The minimum Gasteiger partial charge on any atom is -0.325 e. The van der Waals surface area contributed by atoms with Gasteiger partial charge in [0, 0.05) is 16.1 Å². The van der Waals surface area contributed by atoms with Gasteiger partial charge in [0.25, 0.3) is 5.91 Å². The molecule has 1 atom stereocenters. The van der Waals surface area contributed by atoms with Crippen molar-refractivity contribution in [3.8, 4) is 0 Å². The molecule has 1 unspecified atom stereocenters. The molecule has 0 saturated heterocycles. The fourth-order valence-corrected chi connectivity index (χ4v) is 4.55. The van der Waals surface area contributed by atoms with Crippen LogP contribution < -0.4 is 10.6 Å². The van der Waals surface area contributed by atoms with E-state index < -0.39 is 0 Å². The van der Waals surface area contributed by atoms with Crippen molar-refractivity contribution >= 4 is 34.0 Å². The van der Waals surface area contributed by atoms with E-state index in [2.05, 4.69) is 15.6 Å². The van der Waals surface area contributed by atoms with Gasteiger partial charge in [-0.2, -0.15) is 0 Å². The van der Waals surface area contributed by atoms with E-state index in [0.29, 0.717) is 10.7 Å². The molecule has 6 heteroatoms. The summed E-state index contributed by atoms with van der Waals surface area (Å²) in [6.07, 6.45) is 1.55. The summed E-state index contributed by atoms with van der Waals surface area (Å²) in [5.74, 6) is -0.515. The monoisotopic (exact) mass is 405 g/mol. The molecular formula is C23H23N3O2S. The summed E-state index contributed by atoms with van der Waals surface area (Å²) >= 11 is 1.46. The number of thiazole rings is 1. The topological polar surface area (TPSA) is 71.1 Å². The third kappa shape index (κ3) is 3.93. The van der Waals surface area contributed by atoms with Gasteiger partial charge in [0.2, 0.25) is 5.91 Å². The minimum atomic E-state index is -0.286. The second-order valence-corrected chi connectivity index (χ2v) is 8.56. The molecule has 2 N–H and O–H groups in total. The SMILES string of the molecule is Cc1ccc(C(=O)Nc2nc3c(s2)CCC3C(=O)Nc2cccc(C)c2C)cc1. The van der Waals surface area contributed by atoms with Crippen LogP contribution in [-0.4, -0.2) is 16.8 Å². The van der Waals surface area contributed by atoms with Crippen LogP contribution in [0.1, 0.15) is 50.0 Å². The Labute approximate surface area is 174 Å². The molecule has 0 fully saturated rings. The standard InChI is InChI=1S/C23H23N3O2S/c1-13-7-9-16(10-8-13)21(27)26-23-25-20-17(11-12-19(20)29-23)22(28)24-18-6-4-5-14(2)15(18)3/h4-10,17H,11-12H2,1-3H3,(H,24,28)(H,25,26,27). The second-order valence-electron chi connectivity index (χ2n) is 7.48. The van der Waals surface area contributed by atoms with E-state index in [9.17, 15) is 9.59 Å². The number of aryl methyl sites for hydroxylation is 3. The Morgan fingerprint density at radius 3 is 2.55 bits per heavy atom. The lowest BCUT2D eigenvalue weighted by Crippen LogP contribution is -2.20. The molecule has 29 heavy (non-hydrogen) atoms. The summed E-state index contributed by atoms with van der Waals surface area (Å²) in [7, 11) is 0. The van der Waals surface area contributed by atoms with Gasteiger partial charge in [-0.1, -0.05) is 29.8 Å². The molecule has 4 rings (SSSR count). The van der Waals surface area contributed by atoms with E-state index in [1.165, 1.54) is 11.3 Å². The molecular weight excluding hydrogens is 382 g/mol. The Kier molecular flexibility index (Phi) is 5.20. The lowest BCUT2D eigenvalue weighted by atomic mass is 10.0. The van der Waals surface area contributed by atoms with Gasteiger partial charge in [0.1, 0.15) is 0 Å². The summed E-state index contributed by atoms with van der Waals surface area (Å²) in [6, 6.07) is 13.3. The van der Waals surface area contributed by atoms with Crippen LogP contribution in [0.2, 0.25) is 0 Å². The molecule has 1 aliphatic carbocycles. The predicted molar refractivity (Wildman–Crippen MR) is 117 cm³/mol. The normalized spacial score (nSPS) is 15.1. The minimum absolute atomic E-state index is 0.0424. The lowest BCUT2D eigenvalue weighted by molar-refractivity contribution is -0.117. The molecule has 2 amide bonds. The van der Waals surface area contributed by atoms with Crippen molar-refractivity contribution in [2.75, 3.05) is 10.6 Å². The van der Waals surface area contributed by atoms with Gasteiger partial charge >= 0.3 is 0 Å². The largest absolute Gasteiger partial charge is 0.325 e. The van der Waals surface area contributed by atoms with Crippen LogP contribution in [0.3, 0.4) is 0 Å². The van der Waals surface area contributed by atoms with Crippen LogP contribution in [0.25, 0.3) is 0 Å². The number of benzene rings is 2. The molecule has 1 aromatic heterocycles. The molecule has 5 nitrogen and oxygen atoms in total. The maximum atomic E-state index is 12.9. The van der Waals surface area contributed by atoms with Crippen LogP contribution in [0.4, 0.5) is 10.8 Å². The maximum absolute atomic E-state index is 12.9. The van der Waals surface area contributed by atoms with Crippen LogP contribution in [0.5, 0.6) is 0 Å². The Bertz CT molecular complexity index is 1090. The maximum Gasteiger partial charge on any atom is 0.257 e. The lowest BCUT2D eigenvalue weighted by Gasteiger charge is -2.14. The number of rotatable bonds is 4. The van der Waals surface area contributed by atoms with Crippen molar-refractivity contribution in [3.05, 3.63) is 75.3 Å². The highest BCUT2D eigenvalue weighted by Gasteiger charge is 2.33. The Morgan fingerprint density at radius 2 is 1.79 bits per heavy atom. The number of nitrogens with zero attached hydrogens (tertiary/aromatic N) is 1. The number of anilines is 2. The highest BCUT2D eigenvalue weighted by atomic mass is 32.1. The molecule has 3 aromatic rings. The number of nitrogens with one attached hydrogen (secondary N) is 2. The fourth-order valence-electron chi connectivity index (χ4n) is 3.52. The third-order valence-corrected chi connectivity index (χ3v) is 6.48. The van der Waals surface area contributed by atoms with Crippen molar-refractivity contribution in [3.63, 3.8) is 0 Å². The average Bonchev–Trinajstić information content (AvgIpc) is 3.26. The highest BCUT2D eigenvalue weighted by molar-refractivity contribution is 7.16. The first-order chi connectivity index (χ1) is 13.9. The summed E-state index contributed by atoms with van der Waals surface area (Å²) in [4.78, 5) is 31.0. The number of carbonyl (C=O) groups excluding carboxylic acids is 2. The summed E-state index contributed by atoms with van der Waals surface area (Å²) < 4.78 is 0. The van der Waals surface area contributed by atoms with Crippen LogP contribution in [0.15, 0.2) is 42.5 Å². The molecule has 0 radical (unpaired) electrons. The predicted octanol–water partition coefficient (Wildman–Crippen LogP) is 4.99. The molecule has 0 saturated carbocycles. The van der Waals surface area contributed by atoms with Crippen LogP contribution in [0, 0.1) is 20.8 Å². The van der Waals surface area contributed by atoms with Crippen molar-refractivity contribution in [2.45, 2.75) is 39.5 Å². The first kappa shape index (κ1) is 19.3. The van der Waals surface area contributed by atoms with Crippen molar-refractivity contribution in [1.82, 2.24) is 4.98 Å². The number of carbonyl (C=O) groups is 2. The zero-order chi connectivity index (χ0) is 20.5. The van der Waals surface area contributed by atoms with Gasteiger partial charge in [0.15, 0.2) is 5.13 Å². The first-order valence-corrected chi connectivity index (χ1v) is 10.5. The van der Waals surface area contributed by atoms with Crippen molar-refractivity contribution in [2.24, 2.45) is 0 Å². The highest BCUT2D eigenvalue weighted by Crippen LogP contribution is 2.39. The zero-order valence-corrected chi connectivity index (χ0v) is 17.5. The molecule has 0 spiro atoms. The quantitative estimate of drug-likeness (QED) is 0.642. The molecule has 2 aromatic carbocycles. The fraction of sp³-hybridized carbons (Fsp3) is 0.261. The van der Waals surface area contributed by atoms with Gasteiger partial charge in [-0.3, -0.25) is 14.9 Å². The van der Waals surface area contributed by atoms with E-state index in [1.54, 1.807) is 12.1 Å². The Hall–Kier alpha value is -2.99. The third-order valence-electron chi connectivity index (χ3n) is 5.43. The smallest absolute Gasteiger partial charge is 0.257 e. The first-order valence-electron chi connectivity index (χ1n) is 9.67. The summed E-state index contributed by atoms with van der Waals surface area (Å²) in [5.41, 5.74) is 5.54. The molecule has 1 heterocycles. The van der Waals surface area contributed by atoms with E-state index in [0.717, 1.165) is 45.8 Å². The number of fused-ring (bicyclic) bond motifs is 1. The number of aromatic nitrogens is 1. The Morgan fingerprint density at radius 1 is 1.03 bits per heavy atom. The summed E-state index contributed by atoms with van der Waals surface area (Å²) in [6.45, 7) is 6.02. The Balaban J connectivity index is 1.48. The van der Waals surface area contributed by atoms with E-state index >= 15 is 0 Å².